The Hall–Kier alpha value is -3.95. The largest absolute Gasteiger partial charge is 0.460 e. The number of amides is 1. The molecule has 1 fully saturated rings. The van der Waals surface area contributed by atoms with Gasteiger partial charge in [0.15, 0.2) is 0 Å². The summed E-state index contributed by atoms with van der Waals surface area (Å²) >= 11 is 0. The zero-order chi connectivity index (χ0) is 26.5. The van der Waals surface area contributed by atoms with Crippen molar-refractivity contribution in [1.29, 1.82) is 0 Å². The minimum Gasteiger partial charge on any atom is -0.460 e. The third-order valence-corrected chi connectivity index (χ3v) is 6.98. The van der Waals surface area contributed by atoms with Gasteiger partial charge in [0.1, 0.15) is 17.1 Å². The van der Waals surface area contributed by atoms with E-state index in [1.807, 2.05) is 18.2 Å². The smallest absolute Gasteiger partial charge is 0.255 e. The molecule has 0 bridgehead atoms. The molecule has 3 heterocycles. The molecule has 3 N–H and O–H groups in total. The molecular weight excluding hydrogens is 482 g/mol. The Balaban J connectivity index is 1.24. The fourth-order valence-electron chi connectivity index (χ4n) is 5.00. The van der Waals surface area contributed by atoms with Crippen LogP contribution in [0.25, 0.3) is 11.0 Å². The number of aliphatic hydroxyl groups is 1. The molecule has 1 aliphatic rings. The van der Waals surface area contributed by atoms with Crippen LogP contribution in [0, 0.1) is 12.8 Å². The first-order valence-electron chi connectivity index (χ1n) is 13.0. The third-order valence-electron chi connectivity index (χ3n) is 6.98. The average Bonchev–Trinajstić information content (AvgIpc) is 3.25. The number of anilines is 2. The zero-order valence-electron chi connectivity index (χ0n) is 21.7. The van der Waals surface area contributed by atoms with Gasteiger partial charge in [-0.15, -0.1) is 0 Å². The van der Waals surface area contributed by atoms with Crippen molar-refractivity contribution in [2.24, 2.45) is 5.92 Å². The first-order valence-corrected chi connectivity index (χ1v) is 13.0. The van der Waals surface area contributed by atoms with Gasteiger partial charge < -0.3 is 24.9 Å². The van der Waals surface area contributed by atoms with Gasteiger partial charge in [0.2, 0.25) is 11.8 Å². The van der Waals surface area contributed by atoms with Crippen molar-refractivity contribution in [1.82, 2.24) is 20.2 Å². The van der Waals surface area contributed by atoms with Gasteiger partial charge in [-0.2, -0.15) is 4.98 Å². The highest BCUT2D eigenvalue weighted by molar-refractivity contribution is 6.07. The fourth-order valence-corrected chi connectivity index (χ4v) is 5.00. The number of carbonyl (C=O) groups excluding carboxylic acids is 1. The van der Waals surface area contributed by atoms with E-state index in [-0.39, 0.29) is 12.5 Å². The number of hydrogen-bond donors (Lipinski definition) is 3. The number of aromatic nitrogens is 2. The first kappa shape index (κ1) is 25.7. The van der Waals surface area contributed by atoms with E-state index < -0.39 is 0 Å². The highest BCUT2D eigenvalue weighted by Crippen LogP contribution is 2.31. The third kappa shape index (κ3) is 5.95. The number of likely N-dealkylation sites (tertiary alicyclic amines) is 1. The van der Waals surface area contributed by atoms with E-state index in [1.165, 1.54) is 5.56 Å². The number of nitrogens with zero attached hydrogens (tertiary/aromatic N) is 3. The molecule has 2 aromatic heterocycles. The molecular formula is C29H33N5O4. The van der Waals surface area contributed by atoms with Crippen molar-refractivity contribution < 1.29 is 19.1 Å². The van der Waals surface area contributed by atoms with E-state index in [2.05, 4.69) is 37.6 Å². The highest BCUT2D eigenvalue weighted by atomic mass is 16.5. The van der Waals surface area contributed by atoms with E-state index in [1.54, 1.807) is 38.4 Å². The molecule has 198 valence electrons. The van der Waals surface area contributed by atoms with Crippen molar-refractivity contribution >= 4 is 28.5 Å². The second-order valence-electron chi connectivity index (χ2n) is 9.65. The molecule has 38 heavy (non-hydrogen) atoms. The van der Waals surface area contributed by atoms with Gasteiger partial charge in [-0.05, 0) is 75.0 Å². The molecule has 2 aromatic carbocycles. The number of ether oxygens (including phenoxy) is 1. The molecule has 5 rings (SSSR count). The summed E-state index contributed by atoms with van der Waals surface area (Å²) in [6.07, 6.45) is 4.83. The zero-order valence-corrected chi connectivity index (χ0v) is 21.7. The van der Waals surface area contributed by atoms with E-state index in [4.69, 9.17) is 9.15 Å². The Labute approximate surface area is 221 Å². The molecule has 1 amide bonds. The minimum absolute atomic E-state index is 0.187. The number of benzene rings is 2. The molecule has 0 saturated carbocycles. The maximum atomic E-state index is 12.2. The monoisotopic (exact) mass is 515 g/mol. The van der Waals surface area contributed by atoms with Crippen LogP contribution in [0.4, 0.5) is 11.6 Å². The van der Waals surface area contributed by atoms with E-state index in [9.17, 15) is 9.90 Å². The van der Waals surface area contributed by atoms with Crippen LogP contribution < -0.4 is 15.4 Å². The quantitative estimate of drug-likeness (QED) is 0.285. The summed E-state index contributed by atoms with van der Waals surface area (Å²) in [6.45, 7) is 5.05. The maximum absolute atomic E-state index is 12.2. The number of aliphatic hydroxyl groups excluding tert-OH is 1. The van der Waals surface area contributed by atoms with Crippen LogP contribution in [-0.2, 0) is 6.54 Å². The second-order valence-corrected chi connectivity index (χ2v) is 9.65. The van der Waals surface area contributed by atoms with Gasteiger partial charge in [0.05, 0.1) is 5.56 Å². The average molecular weight is 516 g/mol. The van der Waals surface area contributed by atoms with Crippen LogP contribution >= 0.6 is 0 Å². The van der Waals surface area contributed by atoms with Gasteiger partial charge >= 0.3 is 0 Å². The summed E-state index contributed by atoms with van der Waals surface area (Å²) in [7, 11) is 1.60. The van der Waals surface area contributed by atoms with Crippen molar-refractivity contribution in [2.75, 3.05) is 32.1 Å². The van der Waals surface area contributed by atoms with Crippen molar-refractivity contribution in [3.05, 3.63) is 71.6 Å². The van der Waals surface area contributed by atoms with Crippen LogP contribution in [0.3, 0.4) is 0 Å². The van der Waals surface area contributed by atoms with Gasteiger partial charge in [-0.25, -0.2) is 4.98 Å². The molecule has 0 atom stereocenters. The lowest BCUT2D eigenvalue weighted by Gasteiger charge is -2.31. The van der Waals surface area contributed by atoms with Crippen molar-refractivity contribution in [3.8, 4) is 11.6 Å². The Morgan fingerprint density at radius 1 is 1.18 bits per heavy atom. The number of hydrogen-bond acceptors (Lipinski definition) is 8. The van der Waals surface area contributed by atoms with E-state index in [0.717, 1.165) is 50.0 Å². The topological polar surface area (TPSA) is 113 Å². The number of aryl methyl sites for hydroxylation is 1. The van der Waals surface area contributed by atoms with E-state index in [0.29, 0.717) is 40.4 Å². The van der Waals surface area contributed by atoms with Gasteiger partial charge in [0.25, 0.3) is 5.91 Å². The lowest BCUT2D eigenvalue weighted by atomic mass is 9.94. The summed E-state index contributed by atoms with van der Waals surface area (Å²) in [5.74, 6) is 2.37. The fraction of sp³-hybridized carbons (Fsp3) is 0.345. The number of piperidine rings is 1. The summed E-state index contributed by atoms with van der Waals surface area (Å²) in [5, 5.41) is 15.8. The molecule has 1 aliphatic heterocycles. The van der Waals surface area contributed by atoms with Gasteiger partial charge in [-0.1, -0.05) is 12.1 Å². The number of fused-ring (bicyclic) bond motifs is 1. The van der Waals surface area contributed by atoms with Crippen LogP contribution in [0.15, 0.2) is 59.1 Å². The van der Waals surface area contributed by atoms with Crippen molar-refractivity contribution in [2.45, 2.75) is 32.7 Å². The summed E-state index contributed by atoms with van der Waals surface area (Å²) < 4.78 is 11.8. The number of nitrogens with one attached hydrogen (secondary N) is 2. The van der Waals surface area contributed by atoms with Crippen LogP contribution in [0.2, 0.25) is 0 Å². The predicted octanol–water partition coefficient (Wildman–Crippen LogP) is 5.02. The Morgan fingerprint density at radius 3 is 2.82 bits per heavy atom. The molecule has 9 heteroatoms. The second kappa shape index (κ2) is 11.6. The summed E-state index contributed by atoms with van der Waals surface area (Å²) in [5.41, 5.74) is 3.22. The molecule has 9 nitrogen and oxygen atoms in total. The standard InChI is InChI=1S/C29H33N5O4/c1-19-27(28(36)30-2)24-7-6-23(17-25(24)37-19)38-26-8-12-31-29(33-26)32-22-5-3-4-21(16-22)18-34-13-9-20(10-14-34)11-15-35/h3-8,12,16-17,20,35H,9-11,13-15,18H2,1-2H3,(H,30,36)(H,31,32,33). The molecule has 0 radical (unpaired) electrons. The number of rotatable bonds is 9. The summed E-state index contributed by atoms with van der Waals surface area (Å²) in [6, 6.07) is 15.3. The Bertz CT molecular complexity index is 1410. The number of furan rings is 1. The van der Waals surface area contributed by atoms with Crippen LogP contribution in [0.5, 0.6) is 11.6 Å². The molecule has 4 aromatic rings. The van der Waals surface area contributed by atoms with Gasteiger partial charge in [0, 0.05) is 49.6 Å². The maximum Gasteiger partial charge on any atom is 0.255 e. The predicted molar refractivity (Wildman–Crippen MR) is 146 cm³/mol. The minimum atomic E-state index is -0.187. The van der Waals surface area contributed by atoms with Crippen LogP contribution in [0.1, 0.15) is 40.9 Å². The number of carbonyl (C=O) groups is 1. The molecule has 0 aliphatic carbocycles. The van der Waals surface area contributed by atoms with Crippen molar-refractivity contribution in [3.63, 3.8) is 0 Å². The van der Waals surface area contributed by atoms with E-state index >= 15 is 0 Å². The normalized spacial score (nSPS) is 14.5. The SMILES string of the molecule is CNC(=O)c1c(C)oc2cc(Oc3ccnc(Nc4cccc(CN5CCC(CCO)CC5)c4)n3)ccc12. The lowest BCUT2D eigenvalue weighted by Crippen LogP contribution is -2.33. The molecule has 0 unspecified atom stereocenters. The Morgan fingerprint density at radius 2 is 2.03 bits per heavy atom. The molecule has 0 spiro atoms. The molecule has 1 saturated heterocycles. The summed E-state index contributed by atoms with van der Waals surface area (Å²) in [4.78, 5) is 23.5. The van der Waals surface area contributed by atoms with Crippen LogP contribution in [-0.4, -0.2) is 52.6 Å². The lowest BCUT2D eigenvalue weighted by molar-refractivity contribution is 0.0963. The first-order chi connectivity index (χ1) is 18.5. The van der Waals surface area contributed by atoms with Gasteiger partial charge in [-0.3, -0.25) is 9.69 Å². The highest BCUT2D eigenvalue weighted by Gasteiger charge is 2.19. The Kier molecular flexibility index (Phi) is 7.86.